The van der Waals surface area contributed by atoms with E-state index in [1.54, 1.807) is 6.92 Å². The largest absolute Gasteiger partial charge is 0.464 e. The van der Waals surface area contributed by atoms with Gasteiger partial charge in [-0.3, -0.25) is 0 Å². The van der Waals surface area contributed by atoms with Gasteiger partial charge in [-0.25, -0.2) is 9.18 Å². The van der Waals surface area contributed by atoms with Crippen LogP contribution in [0.5, 0.6) is 0 Å². The summed E-state index contributed by atoms with van der Waals surface area (Å²) in [6.45, 7) is 7.87. The van der Waals surface area contributed by atoms with Gasteiger partial charge in [0.1, 0.15) is 11.4 Å². The highest BCUT2D eigenvalue weighted by molar-refractivity contribution is 5.86. The molecule has 1 aromatic carbocycles. The molecule has 110 valence electrons. The van der Waals surface area contributed by atoms with Crippen molar-refractivity contribution in [3.63, 3.8) is 0 Å². The average molecular weight is 279 g/mol. The lowest BCUT2D eigenvalue weighted by molar-refractivity contribution is -0.150. The molecule has 4 heteroatoms. The smallest absolute Gasteiger partial charge is 0.332 e. The third kappa shape index (κ3) is 2.65. The Morgan fingerprint density at radius 2 is 2.10 bits per heavy atom. The van der Waals surface area contributed by atoms with Crippen molar-refractivity contribution in [3.05, 3.63) is 29.6 Å². The Bertz CT molecular complexity index is 505. The number of nitrogens with one attached hydrogen (secondary N) is 1. The summed E-state index contributed by atoms with van der Waals surface area (Å²) >= 11 is 0. The van der Waals surface area contributed by atoms with Gasteiger partial charge in [-0.05, 0) is 57.4 Å². The fourth-order valence-electron chi connectivity index (χ4n) is 2.51. The van der Waals surface area contributed by atoms with Crippen LogP contribution in [0.4, 0.5) is 10.1 Å². The number of benzene rings is 1. The number of carbonyl (C=O) groups is 1. The van der Waals surface area contributed by atoms with Gasteiger partial charge in [-0.2, -0.15) is 0 Å². The van der Waals surface area contributed by atoms with Gasteiger partial charge in [0.25, 0.3) is 0 Å². The zero-order valence-corrected chi connectivity index (χ0v) is 12.5. The lowest BCUT2D eigenvalue weighted by atomic mass is 9.83. The Balaban J connectivity index is 2.31. The van der Waals surface area contributed by atoms with E-state index in [2.05, 4.69) is 12.2 Å². The molecule has 0 amide bonds. The van der Waals surface area contributed by atoms with E-state index < -0.39 is 5.54 Å². The first-order valence-corrected chi connectivity index (χ1v) is 7.03. The summed E-state index contributed by atoms with van der Waals surface area (Å²) in [5.41, 5.74) is 0.466. The molecule has 1 unspecified atom stereocenters. The van der Waals surface area contributed by atoms with Crippen molar-refractivity contribution in [2.45, 2.75) is 46.1 Å². The van der Waals surface area contributed by atoms with Crippen molar-refractivity contribution in [3.8, 4) is 0 Å². The van der Waals surface area contributed by atoms with E-state index in [9.17, 15) is 9.18 Å². The first-order valence-electron chi connectivity index (χ1n) is 7.03. The Kier molecular flexibility index (Phi) is 3.76. The molecule has 1 aromatic rings. The van der Waals surface area contributed by atoms with Crippen molar-refractivity contribution in [1.82, 2.24) is 0 Å². The number of ether oxygens (including phenoxy) is 1. The van der Waals surface area contributed by atoms with E-state index >= 15 is 0 Å². The molecule has 2 rings (SSSR count). The minimum absolute atomic E-state index is 0.139. The molecule has 0 aromatic heterocycles. The summed E-state index contributed by atoms with van der Waals surface area (Å²) in [4.78, 5) is 12.3. The van der Waals surface area contributed by atoms with Gasteiger partial charge >= 0.3 is 5.97 Å². The SMILES string of the molecule is CCOC(=O)C(C)(Nc1cc(C)cc(F)c1)C1(C)CC1. The number of hydrogen-bond donors (Lipinski definition) is 1. The summed E-state index contributed by atoms with van der Waals surface area (Å²) in [5, 5.41) is 3.21. The van der Waals surface area contributed by atoms with E-state index in [0.29, 0.717) is 12.3 Å². The highest BCUT2D eigenvalue weighted by Crippen LogP contribution is 2.55. The van der Waals surface area contributed by atoms with Crippen LogP contribution in [0.3, 0.4) is 0 Å². The standard InChI is InChI=1S/C16H22FNO2/c1-5-20-14(19)16(4,15(3)6-7-15)18-13-9-11(2)8-12(17)10-13/h8-10,18H,5-7H2,1-4H3. The molecule has 20 heavy (non-hydrogen) atoms. The number of rotatable bonds is 5. The van der Waals surface area contributed by atoms with Gasteiger partial charge in [0.05, 0.1) is 6.61 Å². The van der Waals surface area contributed by atoms with Crippen LogP contribution in [-0.4, -0.2) is 18.1 Å². The Morgan fingerprint density at radius 3 is 2.60 bits per heavy atom. The van der Waals surface area contributed by atoms with E-state index in [-0.39, 0.29) is 17.2 Å². The van der Waals surface area contributed by atoms with Gasteiger partial charge in [0, 0.05) is 11.1 Å². The molecule has 0 radical (unpaired) electrons. The third-order valence-electron chi connectivity index (χ3n) is 4.33. The number of hydrogen-bond acceptors (Lipinski definition) is 3. The van der Waals surface area contributed by atoms with E-state index in [4.69, 9.17) is 4.74 Å². The first-order chi connectivity index (χ1) is 9.30. The topological polar surface area (TPSA) is 38.3 Å². The quantitative estimate of drug-likeness (QED) is 0.836. The number of aryl methyl sites for hydroxylation is 1. The van der Waals surface area contributed by atoms with E-state index in [1.807, 2.05) is 19.9 Å². The Morgan fingerprint density at radius 1 is 1.45 bits per heavy atom. The lowest BCUT2D eigenvalue weighted by Crippen LogP contribution is -2.51. The van der Waals surface area contributed by atoms with Crippen molar-refractivity contribution < 1.29 is 13.9 Å². The van der Waals surface area contributed by atoms with E-state index in [1.165, 1.54) is 12.1 Å². The monoisotopic (exact) mass is 279 g/mol. The van der Waals surface area contributed by atoms with Crippen LogP contribution in [0.2, 0.25) is 0 Å². The van der Waals surface area contributed by atoms with Crippen molar-refractivity contribution in [2.75, 3.05) is 11.9 Å². The van der Waals surface area contributed by atoms with Crippen LogP contribution in [0, 0.1) is 18.2 Å². The van der Waals surface area contributed by atoms with Gasteiger partial charge in [-0.15, -0.1) is 0 Å². The lowest BCUT2D eigenvalue weighted by Gasteiger charge is -2.35. The summed E-state index contributed by atoms with van der Waals surface area (Å²) in [5.74, 6) is -0.582. The van der Waals surface area contributed by atoms with Crippen LogP contribution < -0.4 is 5.32 Å². The predicted molar refractivity (Wildman–Crippen MR) is 77.1 cm³/mol. The molecule has 0 spiro atoms. The number of halogens is 1. The first kappa shape index (κ1) is 14.8. The summed E-state index contributed by atoms with van der Waals surface area (Å²) in [6.07, 6.45) is 1.92. The van der Waals surface area contributed by atoms with Gasteiger partial charge in [0.15, 0.2) is 0 Å². The molecule has 0 bridgehead atoms. The average Bonchev–Trinajstić information content (AvgIpc) is 3.07. The Hall–Kier alpha value is -1.58. The van der Waals surface area contributed by atoms with Crippen LogP contribution in [0.25, 0.3) is 0 Å². The molecule has 1 fully saturated rings. The fourth-order valence-corrected chi connectivity index (χ4v) is 2.51. The van der Waals surface area contributed by atoms with Crippen LogP contribution in [0.15, 0.2) is 18.2 Å². The van der Waals surface area contributed by atoms with Crippen molar-refractivity contribution in [1.29, 1.82) is 0 Å². The second kappa shape index (κ2) is 5.08. The summed E-state index contributed by atoms with van der Waals surface area (Å²) in [6, 6.07) is 4.72. The number of esters is 1. The maximum atomic E-state index is 13.5. The molecular weight excluding hydrogens is 257 g/mol. The van der Waals surface area contributed by atoms with Gasteiger partial charge in [0.2, 0.25) is 0 Å². The molecule has 1 atom stereocenters. The molecule has 0 saturated heterocycles. The molecule has 1 aliphatic rings. The van der Waals surface area contributed by atoms with Gasteiger partial charge < -0.3 is 10.1 Å². The van der Waals surface area contributed by atoms with Crippen LogP contribution >= 0.6 is 0 Å². The van der Waals surface area contributed by atoms with Crippen LogP contribution in [0.1, 0.15) is 39.2 Å². The molecule has 0 aliphatic heterocycles. The molecule has 1 N–H and O–H groups in total. The zero-order valence-electron chi connectivity index (χ0n) is 12.5. The molecule has 1 saturated carbocycles. The molecular formula is C16H22FNO2. The molecule has 1 aliphatic carbocycles. The highest BCUT2D eigenvalue weighted by atomic mass is 19.1. The molecule has 0 heterocycles. The Labute approximate surface area is 119 Å². The minimum atomic E-state index is -0.830. The van der Waals surface area contributed by atoms with Gasteiger partial charge in [-0.1, -0.05) is 6.92 Å². The molecule has 3 nitrogen and oxygen atoms in total. The summed E-state index contributed by atoms with van der Waals surface area (Å²) < 4.78 is 18.7. The second-order valence-corrected chi connectivity index (χ2v) is 6.05. The fraction of sp³-hybridized carbons (Fsp3) is 0.562. The zero-order chi connectivity index (χ0) is 15.0. The number of carbonyl (C=O) groups excluding carboxylic acids is 1. The van der Waals surface area contributed by atoms with E-state index in [0.717, 1.165) is 18.4 Å². The minimum Gasteiger partial charge on any atom is -0.464 e. The van der Waals surface area contributed by atoms with Crippen LogP contribution in [-0.2, 0) is 9.53 Å². The highest BCUT2D eigenvalue weighted by Gasteiger charge is 2.58. The predicted octanol–water partition coefficient (Wildman–Crippen LogP) is 3.67. The maximum absolute atomic E-state index is 13.5. The van der Waals surface area contributed by atoms with Crippen molar-refractivity contribution in [2.24, 2.45) is 5.41 Å². The second-order valence-electron chi connectivity index (χ2n) is 6.05. The number of anilines is 1. The maximum Gasteiger partial charge on any atom is 0.332 e. The van der Waals surface area contributed by atoms with Crippen molar-refractivity contribution >= 4 is 11.7 Å². The normalized spacial score (nSPS) is 19.1. The third-order valence-corrected chi connectivity index (χ3v) is 4.33. The summed E-state index contributed by atoms with van der Waals surface area (Å²) in [7, 11) is 0.